The summed E-state index contributed by atoms with van der Waals surface area (Å²) >= 11 is 12.0. The first kappa shape index (κ1) is 19.2. The van der Waals surface area contributed by atoms with Crippen molar-refractivity contribution in [2.75, 3.05) is 23.4 Å². The molecule has 1 N–H and O–H groups in total. The Morgan fingerprint density at radius 1 is 1.15 bits per heavy atom. The van der Waals surface area contributed by atoms with E-state index in [0.717, 1.165) is 0 Å². The van der Waals surface area contributed by atoms with Gasteiger partial charge in [0, 0.05) is 23.7 Å². The van der Waals surface area contributed by atoms with Gasteiger partial charge < -0.3 is 15.0 Å². The Hall–Kier alpha value is -2.57. The van der Waals surface area contributed by atoms with Gasteiger partial charge in [0.05, 0.1) is 16.6 Å². The Morgan fingerprint density at radius 2 is 1.93 bits per heavy atom. The van der Waals surface area contributed by atoms with Crippen LogP contribution in [0.4, 0.5) is 11.4 Å². The van der Waals surface area contributed by atoms with Gasteiger partial charge in [0.2, 0.25) is 5.91 Å². The lowest BCUT2D eigenvalue weighted by atomic mass is 10.1. The Labute approximate surface area is 166 Å². The van der Waals surface area contributed by atoms with Crippen molar-refractivity contribution in [2.45, 2.75) is 6.42 Å². The van der Waals surface area contributed by atoms with Gasteiger partial charge in [-0.1, -0.05) is 41.4 Å². The number of hydrogen-bond donors (Lipinski definition) is 1. The number of esters is 1. The van der Waals surface area contributed by atoms with Gasteiger partial charge in [-0.15, -0.1) is 0 Å². The van der Waals surface area contributed by atoms with Crippen LogP contribution in [0.1, 0.15) is 6.42 Å². The fourth-order valence-electron chi connectivity index (χ4n) is 2.79. The largest absolute Gasteiger partial charge is 0.455 e. The second kappa shape index (κ2) is 8.41. The van der Waals surface area contributed by atoms with Gasteiger partial charge in [0.1, 0.15) is 0 Å². The van der Waals surface area contributed by atoms with E-state index in [4.69, 9.17) is 27.9 Å². The lowest BCUT2D eigenvalue weighted by Crippen LogP contribution is -2.28. The number of amides is 2. The van der Waals surface area contributed by atoms with Gasteiger partial charge in [-0.3, -0.25) is 14.4 Å². The zero-order valence-electron chi connectivity index (χ0n) is 14.2. The quantitative estimate of drug-likeness (QED) is 0.770. The normalized spacial score (nSPS) is 16.3. The minimum atomic E-state index is -0.646. The van der Waals surface area contributed by atoms with Crippen LogP contribution in [0.5, 0.6) is 0 Å². The molecule has 2 aromatic carbocycles. The molecule has 0 aromatic heterocycles. The van der Waals surface area contributed by atoms with Crippen LogP contribution in [0.3, 0.4) is 0 Å². The molecule has 1 atom stereocenters. The fourth-order valence-corrected chi connectivity index (χ4v) is 3.21. The summed E-state index contributed by atoms with van der Waals surface area (Å²) in [5.41, 5.74) is 1.06. The van der Waals surface area contributed by atoms with E-state index in [2.05, 4.69) is 5.32 Å². The van der Waals surface area contributed by atoms with Crippen LogP contribution in [-0.4, -0.2) is 30.9 Å². The van der Waals surface area contributed by atoms with Crippen LogP contribution in [-0.2, 0) is 19.1 Å². The van der Waals surface area contributed by atoms with Crippen LogP contribution in [0, 0.1) is 5.92 Å². The molecule has 1 aliphatic heterocycles. The van der Waals surface area contributed by atoms with Crippen molar-refractivity contribution in [3.8, 4) is 0 Å². The van der Waals surface area contributed by atoms with Gasteiger partial charge >= 0.3 is 5.97 Å². The van der Waals surface area contributed by atoms with E-state index in [9.17, 15) is 14.4 Å². The van der Waals surface area contributed by atoms with E-state index < -0.39 is 24.4 Å². The highest BCUT2D eigenvalue weighted by Gasteiger charge is 2.37. The second-order valence-electron chi connectivity index (χ2n) is 6.02. The molecule has 0 aliphatic carbocycles. The maximum atomic E-state index is 12.2. The lowest BCUT2D eigenvalue weighted by molar-refractivity contribution is -0.151. The molecular formula is C19H16Cl2N2O4. The summed E-state index contributed by atoms with van der Waals surface area (Å²) in [5.74, 6) is -1.95. The second-order valence-corrected chi connectivity index (χ2v) is 6.87. The summed E-state index contributed by atoms with van der Waals surface area (Å²) < 4.78 is 5.06. The number of carbonyl (C=O) groups excluding carboxylic acids is 3. The van der Waals surface area contributed by atoms with Crippen molar-refractivity contribution in [3.05, 3.63) is 58.6 Å². The minimum absolute atomic E-state index is 0.0139. The Morgan fingerprint density at radius 3 is 2.67 bits per heavy atom. The first-order valence-corrected chi connectivity index (χ1v) is 8.96. The molecule has 140 valence electrons. The third-order valence-corrected chi connectivity index (χ3v) is 4.61. The number of carbonyl (C=O) groups is 3. The van der Waals surface area contributed by atoms with E-state index in [1.807, 2.05) is 0 Å². The summed E-state index contributed by atoms with van der Waals surface area (Å²) in [5, 5.41) is 3.50. The highest BCUT2D eigenvalue weighted by molar-refractivity contribution is 6.34. The van der Waals surface area contributed by atoms with Crippen LogP contribution >= 0.6 is 23.2 Å². The number of ether oxygens (including phenoxy) is 1. The van der Waals surface area contributed by atoms with E-state index in [1.54, 1.807) is 48.5 Å². The number of halogens is 2. The molecule has 27 heavy (non-hydrogen) atoms. The molecule has 6 nitrogen and oxygen atoms in total. The van der Waals surface area contributed by atoms with E-state index in [0.29, 0.717) is 21.4 Å². The topological polar surface area (TPSA) is 75.7 Å². The third kappa shape index (κ3) is 4.78. The first-order chi connectivity index (χ1) is 12.9. The fraction of sp³-hybridized carbons (Fsp3) is 0.211. The molecule has 1 aliphatic rings. The summed E-state index contributed by atoms with van der Waals surface area (Å²) in [4.78, 5) is 37.8. The monoisotopic (exact) mass is 406 g/mol. The van der Waals surface area contributed by atoms with Crippen molar-refractivity contribution in [1.29, 1.82) is 0 Å². The van der Waals surface area contributed by atoms with Gasteiger partial charge in [-0.25, -0.2) is 0 Å². The van der Waals surface area contributed by atoms with E-state index >= 15 is 0 Å². The van der Waals surface area contributed by atoms with Crippen LogP contribution in [0.2, 0.25) is 10.0 Å². The van der Waals surface area contributed by atoms with Gasteiger partial charge in [0.25, 0.3) is 5.91 Å². The molecule has 0 bridgehead atoms. The third-order valence-electron chi connectivity index (χ3n) is 4.06. The Bertz CT molecular complexity index is 888. The maximum Gasteiger partial charge on any atom is 0.311 e. The number of para-hydroxylation sites is 1. The smallest absolute Gasteiger partial charge is 0.311 e. The zero-order valence-corrected chi connectivity index (χ0v) is 15.7. The van der Waals surface area contributed by atoms with E-state index in [1.165, 1.54) is 4.90 Å². The molecule has 1 saturated heterocycles. The van der Waals surface area contributed by atoms with Crippen LogP contribution < -0.4 is 10.2 Å². The lowest BCUT2D eigenvalue weighted by Gasteiger charge is -2.17. The SMILES string of the molecule is O=C(COC(=O)[C@@H]1CC(=O)N(c2ccccc2Cl)C1)Nc1cccc(Cl)c1. The van der Waals surface area contributed by atoms with Crippen molar-refractivity contribution in [3.63, 3.8) is 0 Å². The number of nitrogens with zero attached hydrogens (tertiary/aromatic N) is 1. The maximum absolute atomic E-state index is 12.2. The summed E-state index contributed by atoms with van der Waals surface area (Å²) in [6.45, 7) is -0.278. The molecular weight excluding hydrogens is 391 g/mol. The number of rotatable bonds is 5. The van der Waals surface area contributed by atoms with Crippen molar-refractivity contribution in [1.82, 2.24) is 0 Å². The minimum Gasteiger partial charge on any atom is -0.455 e. The van der Waals surface area contributed by atoms with Crippen molar-refractivity contribution in [2.24, 2.45) is 5.92 Å². The van der Waals surface area contributed by atoms with Crippen molar-refractivity contribution >= 4 is 52.4 Å². The van der Waals surface area contributed by atoms with E-state index in [-0.39, 0.29) is 18.9 Å². The molecule has 0 saturated carbocycles. The molecule has 1 heterocycles. The molecule has 3 rings (SSSR count). The highest BCUT2D eigenvalue weighted by atomic mass is 35.5. The molecule has 8 heteroatoms. The molecule has 0 spiro atoms. The van der Waals surface area contributed by atoms with Gasteiger partial charge in [-0.2, -0.15) is 0 Å². The molecule has 0 radical (unpaired) electrons. The first-order valence-electron chi connectivity index (χ1n) is 8.21. The predicted molar refractivity (Wildman–Crippen MR) is 103 cm³/mol. The summed E-state index contributed by atoms with van der Waals surface area (Å²) in [6, 6.07) is 13.5. The number of hydrogen-bond acceptors (Lipinski definition) is 4. The van der Waals surface area contributed by atoms with Gasteiger partial charge in [-0.05, 0) is 30.3 Å². The molecule has 0 unspecified atom stereocenters. The average molecular weight is 407 g/mol. The summed E-state index contributed by atoms with van der Waals surface area (Å²) in [6.07, 6.45) is 0.0139. The number of nitrogens with one attached hydrogen (secondary N) is 1. The Balaban J connectivity index is 1.53. The Kier molecular flexibility index (Phi) is 5.98. The van der Waals surface area contributed by atoms with Crippen LogP contribution in [0.15, 0.2) is 48.5 Å². The number of benzene rings is 2. The van der Waals surface area contributed by atoms with Crippen molar-refractivity contribution < 1.29 is 19.1 Å². The van der Waals surface area contributed by atoms with Crippen LogP contribution in [0.25, 0.3) is 0 Å². The molecule has 2 amide bonds. The molecule has 2 aromatic rings. The average Bonchev–Trinajstić information content (AvgIpc) is 3.02. The number of anilines is 2. The standard InChI is InChI=1S/C19H16Cl2N2O4/c20-13-4-3-5-14(9-13)22-17(24)11-27-19(26)12-8-18(25)23(10-12)16-7-2-1-6-15(16)21/h1-7,9,12H,8,10-11H2,(H,22,24)/t12-/m1/s1. The zero-order chi connectivity index (χ0) is 19.4. The summed E-state index contributed by atoms with van der Waals surface area (Å²) in [7, 11) is 0. The molecule has 1 fully saturated rings. The highest BCUT2D eigenvalue weighted by Crippen LogP contribution is 2.31. The predicted octanol–water partition coefficient (Wildman–Crippen LogP) is 3.53. The van der Waals surface area contributed by atoms with Gasteiger partial charge in [0.15, 0.2) is 6.61 Å².